The molecule has 0 radical (unpaired) electrons. The fourth-order valence-electron chi connectivity index (χ4n) is 1.20. The molecule has 1 aliphatic carbocycles. The average Bonchev–Trinajstić information content (AvgIpc) is 1.97. The van der Waals surface area contributed by atoms with Gasteiger partial charge >= 0.3 is 0 Å². The molecule has 0 aromatic carbocycles. The van der Waals surface area contributed by atoms with Crippen molar-refractivity contribution in [2.24, 2.45) is 0 Å². The van der Waals surface area contributed by atoms with Crippen molar-refractivity contribution in [1.82, 2.24) is 5.32 Å². The van der Waals surface area contributed by atoms with Crippen molar-refractivity contribution >= 4 is 17.5 Å². The summed E-state index contributed by atoms with van der Waals surface area (Å²) in [5.74, 6) is -0.0715. The summed E-state index contributed by atoms with van der Waals surface area (Å²) in [4.78, 5) is 10.8. The SMILES string of the molecule is CC(=O)NC1=C(Cl)CCC=C1C. The quantitative estimate of drug-likeness (QED) is 0.668. The van der Waals surface area contributed by atoms with E-state index in [-0.39, 0.29) is 5.91 Å². The first-order valence-corrected chi connectivity index (χ1v) is 4.32. The van der Waals surface area contributed by atoms with Crippen LogP contribution >= 0.6 is 11.6 Å². The Labute approximate surface area is 77.3 Å². The second kappa shape index (κ2) is 3.76. The van der Waals surface area contributed by atoms with Crippen LogP contribution in [0.2, 0.25) is 0 Å². The van der Waals surface area contributed by atoms with Gasteiger partial charge in [0.25, 0.3) is 0 Å². The highest BCUT2D eigenvalue weighted by atomic mass is 35.5. The normalized spacial score (nSPS) is 17.4. The Kier molecular flexibility index (Phi) is 2.93. The van der Waals surface area contributed by atoms with Crippen LogP contribution in [0.4, 0.5) is 0 Å². The number of halogens is 1. The lowest BCUT2D eigenvalue weighted by Crippen LogP contribution is -2.21. The number of nitrogens with one attached hydrogen (secondary N) is 1. The van der Waals surface area contributed by atoms with Gasteiger partial charge in [-0.1, -0.05) is 17.7 Å². The third kappa shape index (κ3) is 2.11. The molecule has 3 heteroatoms. The fourth-order valence-corrected chi connectivity index (χ4v) is 1.50. The minimum Gasteiger partial charge on any atom is -0.325 e. The zero-order valence-corrected chi connectivity index (χ0v) is 8.03. The number of hydrogen-bond donors (Lipinski definition) is 1. The van der Waals surface area contributed by atoms with Gasteiger partial charge in [0.2, 0.25) is 5.91 Å². The van der Waals surface area contributed by atoms with Crippen molar-refractivity contribution in [3.63, 3.8) is 0 Å². The molecule has 0 aromatic heterocycles. The fraction of sp³-hybridized carbons (Fsp3) is 0.444. The van der Waals surface area contributed by atoms with Crippen molar-refractivity contribution < 1.29 is 4.79 Å². The number of rotatable bonds is 1. The number of carbonyl (C=O) groups excluding carboxylic acids is 1. The van der Waals surface area contributed by atoms with Gasteiger partial charge in [-0.05, 0) is 25.3 Å². The molecule has 0 aliphatic heterocycles. The number of carbonyl (C=O) groups is 1. The number of amides is 1. The summed E-state index contributed by atoms with van der Waals surface area (Å²) < 4.78 is 0. The van der Waals surface area contributed by atoms with Crippen LogP contribution in [0.15, 0.2) is 22.4 Å². The summed E-state index contributed by atoms with van der Waals surface area (Å²) in [5.41, 5.74) is 1.84. The molecule has 0 saturated carbocycles. The Balaban J connectivity index is 2.83. The van der Waals surface area contributed by atoms with Crippen LogP contribution in [0.1, 0.15) is 26.7 Å². The first-order valence-electron chi connectivity index (χ1n) is 3.94. The predicted molar refractivity (Wildman–Crippen MR) is 49.7 cm³/mol. The second-order valence-electron chi connectivity index (χ2n) is 2.89. The molecule has 12 heavy (non-hydrogen) atoms. The number of hydrogen-bond acceptors (Lipinski definition) is 1. The summed E-state index contributed by atoms with van der Waals surface area (Å²) in [7, 11) is 0. The van der Waals surface area contributed by atoms with Crippen LogP contribution in [0.3, 0.4) is 0 Å². The van der Waals surface area contributed by atoms with E-state index in [1.54, 1.807) is 0 Å². The zero-order chi connectivity index (χ0) is 9.14. The zero-order valence-electron chi connectivity index (χ0n) is 7.28. The van der Waals surface area contributed by atoms with E-state index >= 15 is 0 Å². The first kappa shape index (κ1) is 9.33. The van der Waals surface area contributed by atoms with E-state index in [0.717, 1.165) is 29.1 Å². The lowest BCUT2D eigenvalue weighted by atomic mass is 10.0. The summed E-state index contributed by atoms with van der Waals surface area (Å²) in [5, 5.41) is 3.48. The standard InChI is InChI=1S/C9H12ClNO/c1-6-4-3-5-8(10)9(6)11-7(2)12/h4H,3,5H2,1-2H3,(H,11,12). The highest BCUT2D eigenvalue weighted by Crippen LogP contribution is 2.25. The highest BCUT2D eigenvalue weighted by molar-refractivity contribution is 6.30. The lowest BCUT2D eigenvalue weighted by molar-refractivity contribution is -0.118. The van der Waals surface area contributed by atoms with Gasteiger partial charge in [0, 0.05) is 12.0 Å². The Morgan fingerprint density at radius 1 is 1.67 bits per heavy atom. The van der Waals surface area contributed by atoms with Gasteiger partial charge in [-0.2, -0.15) is 0 Å². The molecule has 0 saturated heterocycles. The molecule has 66 valence electrons. The van der Waals surface area contributed by atoms with Gasteiger partial charge in [0.15, 0.2) is 0 Å². The average molecular weight is 186 g/mol. The maximum absolute atomic E-state index is 10.8. The van der Waals surface area contributed by atoms with E-state index in [1.165, 1.54) is 6.92 Å². The Hall–Kier alpha value is -0.760. The van der Waals surface area contributed by atoms with Gasteiger partial charge < -0.3 is 5.32 Å². The Morgan fingerprint density at radius 2 is 2.33 bits per heavy atom. The van der Waals surface area contributed by atoms with E-state index < -0.39 is 0 Å². The molecule has 0 heterocycles. The molecule has 1 aliphatic rings. The number of allylic oxidation sites excluding steroid dienone is 3. The minimum absolute atomic E-state index is 0.0715. The molecule has 0 spiro atoms. The molecule has 1 rings (SSSR count). The molecule has 0 atom stereocenters. The van der Waals surface area contributed by atoms with Crippen LogP contribution in [-0.4, -0.2) is 5.91 Å². The third-order valence-electron chi connectivity index (χ3n) is 1.78. The molecular formula is C9H12ClNO. The summed E-state index contributed by atoms with van der Waals surface area (Å²) in [6.07, 6.45) is 3.87. The highest BCUT2D eigenvalue weighted by Gasteiger charge is 2.11. The molecular weight excluding hydrogens is 174 g/mol. The Bertz CT molecular complexity index is 266. The van der Waals surface area contributed by atoms with Crippen LogP contribution < -0.4 is 5.32 Å². The topological polar surface area (TPSA) is 29.1 Å². The molecule has 0 fully saturated rings. The van der Waals surface area contributed by atoms with Crippen LogP contribution in [-0.2, 0) is 4.79 Å². The van der Waals surface area contributed by atoms with E-state index in [4.69, 9.17) is 11.6 Å². The monoisotopic (exact) mass is 185 g/mol. The van der Waals surface area contributed by atoms with E-state index in [1.807, 2.05) is 6.92 Å². The van der Waals surface area contributed by atoms with Crippen molar-refractivity contribution in [2.45, 2.75) is 26.7 Å². The van der Waals surface area contributed by atoms with Gasteiger partial charge in [-0.25, -0.2) is 0 Å². The van der Waals surface area contributed by atoms with Crippen LogP contribution in [0.25, 0.3) is 0 Å². The molecule has 1 N–H and O–H groups in total. The molecule has 1 amide bonds. The molecule has 2 nitrogen and oxygen atoms in total. The predicted octanol–water partition coefficient (Wildman–Crippen LogP) is 2.31. The van der Waals surface area contributed by atoms with Gasteiger partial charge in [-0.3, -0.25) is 4.79 Å². The van der Waals surface area contributed by atoms with E-state index in [0.29, 0.717) is 0 Å². The summed E-state index contributed by atoms with van der Waals surface area (Å²) >= 11 is 5.95. The minimum atomic E-state index is -0.0715. The van der Waals surface area contributed by atoms with Crippen molar-refractivity contribution in [2.75, 3.05) is 0 Å². The largest absolute Gasteiger partial charge is 0.325 e. The van der Waals surface area contributed by atoms with E-state index in [2.05, 4.69) is 11.4 Å². The smallest absolute Gasteiger partial charge is 0.221 e. The van der Waals surface area contributed by atoms with Gasteiger partial charge in [0.05, 0.1) is 5.70 Å². The van der Waals surface area contributed by atoms with Gasteiger partial charge in [-0.15, -0.1) is 0 Å². The van der Waals surface area contributed by atoms with Crippen molar-refractivity contribution in [3.8, 4) is 0 Å². The first-order chi connectivity index (χ1) is 5.61. The van der Waals surface area contributed by atoms with E-state index in [9.17, 15) is 4.79 Å². The second-order valence-corrected chi connectivity index (χ2v) is 3.34. The third-order valence-corrected chi connectivity index (χ3v) is 2.16. The maximum atomic E-state index is 10.8. The van der Waals surface area contributed by atoms with Crippen LogP contribution in [0.5, 0.6) is 0 Å². The molecule has 0 aromatic rings. The Morgan fingerprint density at radius 3 is 2.83 bits per heavy atom. The summed E-state index contributed by atoms with van der Waals surface area (Å²) in [6, 6.07) is 0. The summed E-state index contributed by atoms with van der Waals surface area (Å²) in [6.45, 7) is 3.44. The maximum Gasteiger partial charge on any atom is 0.221 e. The van der Waals surface area contributed by atoms with Crippen molar-refractivity contribution in [3.05, 3.63) is 22.4 Å². The van der Waals surface area contributed by atoms with Crippen LogP contribution in [0, 0.1) is 0 Å². The van der Waals surface area contributed by atoms with Crippen molar-refractivity contribution in [1.29, 1.82) is 0 Å². The molecule has 0 bridgehead atoms. The lowest BCUT2D eigenvalue weighted by Gasteiger charge is -2.15. The van der Waals surface area contributed by atoms with Gasteiger partial charge in [0.1, 0.15) is 0 Å². The molecule has 0 unspecified atom stereocenters.